The van der Waals surface area contributed by atoms with Crippen molar-refractivity contribution in [1.82, 2.24) is 19.4 Å². The van der Waals surface area contributed by atoms with Gasteiger partial charge in [-0.2, -0.15) is 18.3 Å². The maximum Gasteiger partial charge on any atom is 0.418 e. The van der Waals surface area contributed by atoms with Crippen molar-refractivity contribution in [3.63, 3.8) is 0 Å². The molecule has 2 heterocycles. The number of alkyl halides is 3. The molecule has 2 aromatic rings. The van der Waals surface area contributed by atoms with E-state index in [0.717, 1.165) is 29.5 Å². The first kappa shape index (κ1) is 23.9. The Morgan fingerprint density at radius 3 is 2.59 bits per heavy atom. The zero-order chi connectivity index (χ0) is 23.7. The highest BCUT2D eigenvalue weighted by Gasteiger charge is 2.35. The van der Waals surface area contributed by atoms with Crippen molar-refractivity contribution in [3.05, 3.63) is 57.5 Å². The number of piperidine rings is 1. The summed E-state index contributed by atoms with van der Waals surface area (Å²) in [4.78, 5) is 27.1. The van der Waals surface area contributed by atoms with Gasteiger partial charge in [-0.15, -0.1) is 0 Å². The average Bonchev–Trinajstić information content (AvgIpc) is 2.71. The lowest BCUT2D eigenvalue weighted by molar-refractivity contribution is -0.137. The van der Waals surface area contributed by atoms with Gasteiger partial charge in [0.15, 0.2) is 5.69 Å². The number of likely N-dealkylation sites (tertiary alicyclic amines) is 1. The lowest BCUT2D eigenvalue weighted by Crippen LogP contribution is -2.50. The molecule has 1 unspecified atom stereocenters. The van der Waals surface area contributed by atoms with Crippen LogP contribution in [0.25, 0.3) is 5.69 Å². The molecule has 0 aliphatic carbocycles. The van der Waals surface area contributed by atoms with E-state index in [1.54, 1.807) is 0 Å². The van der Waals surface area contributed by atoms with Gasteiger partial charge in [0.1, 0.15) is 0 Å². The maximum atomic E-state index is 13.5. The van der Waals surface area contributed by atoms with Crippen molar-refractivity contribution >= 4 is 15.9 Å². The van der Waals surface area contributed by atoms with Gasteiger partial charge in [-0.25, -0.2) is 17.8 Å². The Balaban J connectivity index is 2.02. The molecule has 174 valence electrons. The Morgan fingerprint density at radius 1 is 1.25 bits per heavy atom. The number of rotatable bonds is 5. The van der Waals surface area contributed by atoms with Crippen LogP contribution in [-0.2, 0) is 16.2 Å². The predicted molar refractivity (Wildman–Crippen MR) is 111 cm³/mol. The van der Waals surface area contributed by atoms with Crippen molar-refractivity contribution in [2.24, 2.45) is 0 Å². The number of amides is 1. The van der Waals surface area contributed by atoms with Crippen LogP contribution in [0.15, 0.2) is 35.1 Å². The van der Waals surface area contributed by atoms with Gasteiger partial charge in [0, 0.05) is 30.9 Å². The second kappa shape index (κ2) is 9.02. The van der Waals surface area contributed by atoms with Crippen LogP contribution < -0.4 is 10.2 Å². The van der Waals surface area contributed by atoms with E-state index in [1.165, 1.54) is 30.0 Å². The topological polar surface area (TPSA) is 101 Å². The fourth-order valence-corrected chi connectivity index (χ4v) is 4.20. The minimum absolute atomic E-state index is 0.0263. The Morgan fingerprint density at radius 2 is 1.94 bits per heavy atom. The molecule has 1 N–H and O–H groups in total. The van der Waals surface area contributed by atoms with Crippen molar-refractivity contribution in [2.45, 2.75) is 38.4 Å². The van der Waals surface area contributed by atoms with Crippen LogP contribution in [0.5, 0.6) is 0 Å². The van der Waals surface area contributed by atoms with Gasteiger partial charge in [0.05, 0.1) is 17.5 Å². The third kappa shape index (κ3) is 5.36. The number of nitrogens with zero attached hydrogens (tertiary/aromatic N) is 3. The first-order chi connectivity index (χ1) is 14.9. The normalized spacial score (nSPS) is 17.4. The van der Waals surface area contributed by atoms with E-state index >= 15 is 0 Å². The first-order valence-electron chi connectivity index (χ1n) is 9.91. The van der Waals surface area contributed by atoms with Crippen LogP contribution in [0, 0.1) is 6.92 Å². The number of para-hydroxylation sites is 1. The molecule has 3 rings (SSSR count). The molecule has 1 aromatic heterocycles. The van der Waals surface area contributed by atoms with E-state index in [-0.39, 0.29) is 24.5 Å². The summed E-state index contributed by atoms with van der Waals surface area (Å²) in [5, 5.41) is 4.01. The summed E-state index contributed by atoms with van der Waals surface area (Å²) in [6.45, 7) is 1.68. The summed E-state index contributed by atoms with van der Waals surface area (Å²) < 4.78 is 66.7. The predicted octanol–water partition coefficient (Wildman–Crippen LogP) is 2.10. The number of hydrogen-bond donors (Lipinski definition) is 1. The van der Waals surface area contributed by atoms with Crippen LogP contribution in [0.3, 0.4) is 0 Å². The number of benzene rings is 1. The SMILES string of the molecule is Cc1cc(=O)c(C(=O)N2CCCCC2CNS(C)(=O)=O)nn1-c1ccccc1C(F)(F)F. The zero-order valence-electron chi connectivity index (χ0n) is 17.5. The minimum atomic E-state index is -4.66. The van der Waals surface area contributed by atoms with Crippen molar-refractivity contribution in [1.29, 1.82) is 0 Å². The number of nitrogens with one attached hydrogen (secondary N) is 1. The highest BCUT2D eigenvalue weighted by atomic mass is 32.2. The summed E-state index contributed by atoms with van der Waals surface area (Å²) in [5.41, 5.74) is -2.35. The van der Waals surface area contributed by atoms with Crippen molar-refractivity contribution < 1.29 is 26.4 Å². The van der Waals surface area contributed by atoms with E-state index in [4.69, 9.17) is 0 Å². The molecule has 0 bridgehead atoms. The molecule has 8 nitrogen and oxygen atoms in total. The molecule has 1 atom stereocenters. The Kier molecular flexibility index (Phi) is 6.75. The summed E-state index contributed by atoms with van der Waals surface area (Å²) in [6, 6.07) is 5.33. The van der Waals surface area contributed by atoms with E-state index in [2.05, 4.69) is 9.82 Å². The smallest absolute Gasteiger partial charge is 0.333 e. The quantitative estimate of drug-likeness (QED) is 0.718. The Bertz CT molecular complexity index is 1180. The van der Waals surface area contributed by atoms with Crippen molar-refractivity contribution in [3.8, 4) is 5.69 Å². The highest BCUT2D eigenvalue weighted by molar-refractivity contribution is 7.88. The molecule has 1 aromatic carbocycles. The molecule has 1 amide bonds. The number of aryl methyl sites for hydroxylation is 1. The second-order valence-corrected chi connectivity index (χ2v) is 9.53. The largest absolute Gasteiger partial charge is 0.418 e. The number of aromatic nitrogens is 2. The molecule has 1 aliphatic rings. The lowest BCUT2D eigenvalue weighted by atomic mass is 10.0. The number of sulfonamides is 1. The first-order valence-corrected chi connectivity index (χ1v) is 11.8. The third-order valence-corrected chi connectivity index (χ3v) is 5.91. The zero-order valence-corrected chi connectivity index (χ0v) is 18.3. The molecule has 1 aliphatic heterocycles. The highest BCUT2D eigenvalue weighted by Crippen LogP contribution is 2.33. The van der Waals surface area contributed by atoms with Crippen LogP contribution >= 0.6 is 0 Å². The monoisotopic (exact) mass is 472 g/mol. The average molecular weight is 472 g/mol. The number of carbonyl (C=O) groups is 1. The Hall–Kier alpha value is -2.73. The number of halogens is 3. The lowest BCUT2D eigenvalue weighted by Gasteiger charge is -2.35. The minimum Gasteiger partial charge on any atom is -0.333 e. The fourth-order valence-electron chi connectivity index (χ4n) is 3.70. The second-order valence-electron chi connectivity index (χ2n) is 7.69. The summed E-state index contributed by atoms with van der Waals surface area (Å²) in [6.07, 6.45) is -1.72. The molecule has 32 heavy (non-hydrogen) atoms. The van der Waals surface area contributed by atoms with Crippen LogP contribution in [0.1, 0.15) is 41.0 Å². The fraction of sp³-hybridized carbons (Fsp3) is 0.450. The van der Waals surface area contributed by atoms with Gasteiger partial charge in [-0.05, 0) is 38.3 Å². The summed E-state index contributed by atoms with van der Waals surface area (Å²) in [5.74, 6) is -0.742. The van der Waals surface area contributed by atoms with E-state index in [1.807, 2.05) is 0 Å². The Labute approximate surface area is 183 Å². The third-order valence-electron chi connectivity index (χ3n) is 5.22. The van der Waals surface area contributed by atoms with E-state index in [9.17, 15) is 31.2 Å². The molecule has 0 saturated carbocycles. The molecular weight excluding hydrogens is 449 g/mol. The van der Waals surface area contributed by atoms with Gasteiger partial charge in [0.25, 0.3) is 5.91 Å². The van der Waals surface area contributed by atoms with Crippen LogP contribution in [0.4, 0.5) is 13.2 Å². The van der Waals surface area contributed by atoms with Crippen molar-refractivity contribution in [2.75, 3.05) is 19.3 Å². The number of hydrogen-bond acceptors (Lipinski definition) is 5. The summed E-state index contributed by atoms with van der Waals surface area (Å²) >= 11 is 0. The molecule has 1 fully saturated rings. The maximum absolute atomic E-state index is 13.5. The summed E-state index contributed by atoms with van der Waals surface area (Å²) in [7, 11) is -3.49. The van der Waals surface area contributed by atoms with E-state index < -0.39 is 44.8 Å². The van der Waals surface area contributed by atoms with Gasteiger partial charge < -0.3 is 4.90 Å². The molecule has 1 saturated heterocycles. The standard InChI is InChI=1S/C20H23F3N4O4S/c1-13-11-17(28)18(25-27(13)16-9-4-3-8-15(16)20(21,22)23)19(29)26-10-6-5-7-14(26)12-24-32(2,30)31/h3-4,8-9,11,14,24H,5-7,10,12H2,1-2H3. The number of carbonyl (C=O) groups excluding carboxylic acids is 1. The molecule has 0 radical (unpaired) electrons. The van der Waals surface area contributed by atoms with Gasteiger partial charge in [-0.3, -0.25) is 9.59 Å². The van der Waals surface area contributed by atoms with Gasteiger partial charge in [-0.1, -0.05) is 12.1 Å². The van der Waals surface area contributed by atoms with Crippen LogP contribution in [0.2, 0.25) is 0 Å². The van der Waals surface area contributed by atoms with Gasteiger partial charge in [0.2, 0.25) is 15.5 Å². The molecule has 0 spiro atoms. The van der Waals surface area contributed by atoms with E-state index in [0.29, 0.717) is 12.8 Å². The van der Waals surface area contributed by atoms with Crippen LogP contribution in [-0.4, -0.2) is 54.4 Å². The molecule has 12 heteroatoms. The van der Waals surface area contributed by atoms with Gasteiger partial charge >= 0.3 is 6.18 Å². The molecular formula is C20H23F3N4O4S.